The van der Waals surface area contributed by atoms with Crippen LogP contribution < -0.4 is 11.5 Å². The van der Waals surface area contributed by atoms with Crippen LogP contribution in [0.4, 0.5) is 5.69 Å². The van der Waals surface area contributed by atoms with Gasteiger partial charge in [-0.1, -0.05) is 12.1 Å². The second-order valence-electron chi connectivity index (χ2n) is 4.17. The van der Waals surface area contributed by atoms with Gasteiger partial charge in [-0.3, -0.25) is 4.79 Å². The van der Waals surface area contributed by atoms with Crippen molar-refractivity contribution in [1.29, 1.82) is 0 Å². The molecule has 0 heterocycles. The van der Waals surface area contributed by atoms with Crippen molar-refractivity contribution >= 4 is 11.7 Å². The monoisotopic (exact) mass is 222 g/mol. The molecule has 1 aromatic rings. The summed E-state index contributed by atoms with van der Waals surface area (Å²) in [6.07, 6.45) is 0.552. The standard InChI is InChI=1S/C12H18N2O2/c1-12(8-13,11(15)16-2)7-9-3-5-10(14)6-4-9/h3-6H,7-8,13-14H2,1-2H3. The molecule has 1 unspecified atom stereocenters. The van der Waals surface area contributed by atoms with Crippen LogP contribution in [0.25, 0.3) is 0 Å². The van der Waals surface area contributed by atoms with Crippen LogP contribution in [0.3, 0.4) is 0 Å². The van der Waals surface area contributed by atoms with Gasteiger partial charge in [0.05, 0.1) is 12.5 Å². The Morgan fingerprint density at radius 2 is 1.94 bits per heavy atom. The molecule has 0 bridgehead atoms. The van der Waals surface area contributed by atoms with E-state index in [1.807, 2.05) is 24.3 Å². The molecule has 4 N–H and O–H groups in total. The lowest BCUT2D eigenvalue weighted by atomic mass is 9.83. The largest absolute Gasteiger partial charge is 0.469 e. The first-order valence-corrected chi connectivity index (χ1v) is 5.15. The van der Waals surface area contributed by atoms with Gasteiger partial charge in [-0.2, -0.15) is 0 Å². The van der Waals surface area contributed by atoms with Crippen molar-refractivity contribution in [2.45, 2.75) is 13.3 Å². The van der Waals surface area contributed by atoms with Gasteiger partial charge in [-0.25, -0.2) is 0 Å². The second kappa shape index (κ2) is 4.99. The van der Waals surface area contributed by atoms with E-state index >= 15 is 0 Å². The SMILES string of the molecule is COC(=O)C(C)(CN)Cc1ccc(N)cc1. The van der Waals surface area contributed by atoms with Crippen molar-refractivity contribution in [2.75, 3.05) is 19.4 Å². The summed E-state index contributed by atoms with van der Waals surface area (Å²) < 4.78 is 4.76. The molecule has 1 atom stereocenters. The lowest BCUT2D eigenvalue weighted by Crippen LogP contribution is -2.38. The van der Waals surface area contributed by atoms with E-state index in [-0.39, 0.29) is 12.5 Å². The number of benzene rings is 1. The third-order valence-corrected chi connectivity index (χ3v) is 2.70. The highest BCUT2D eigenvalue weighted by atomic mass is 16.5. The summed E-state index contributed by atoms with van der Waals surface area (Å²) in [5.74, 6) is -0.285. The molecule has 4 heteroatoms. The van der Waals surface area contributed by atoms with Gasteiger partial charge >= 0.3 is 5.97 Å². The highest BCUT2D eigenvalue weighted by Gasteiger charge is 2.32. The van der Waals surface area contributed by atoms with Gasteiger partial charge < -0.3 is 16.2 Å². The van der Waals surface area contributed by atoms with E-state index in [2.05, 4.69) is 0 Å². The fourth-order valence-corrected chi connectivity index (χ4v) is 1.56. The maximum atomic E-state index is 11.6. The minimum absolute atomic E-state index is 0.254. The first-order valence-electron chi connectivity index (χ1n) is 5.15. The Labute approximate surface area is 95.6 Å². The van der Waals surface area contributed by atoms with Crippen LogP contribution in [0.15, 0.2) is 24.3 Å². The van der Waals surface area contributed by atoms with Gasteiger partial charge in [0.2, 0.25) is 0 Å². The van der Waals surface area contributed by atoms with E-state index in [4.69, 9.17) is 16.2 Å². The molecular formula is C12H18N2O2. The number of esters is 1. The molecule has 0 aliphatic heterocycles. The van der Waals surface area contributed by atoms with Crippen molar-refractivity contribution in [3.63, 3.8) is 0 Å². The molecule has 0 aliphatic carbocycles. The van der Waals surface area contributed by atoms with Crippen LogP contribution in [0, 0.1) is 5.41 Å². The molecule has 16 heavy (non-hydrogen) atoms. The summed E-state index contributed by atoms with van der Waals surface area (Å²) in [4.78, 5) is 11.6. The lowest BCUT2D eigenvalue weighted by molar-refractivity contribution is -0.151. The minimum Gasteiger partial charge on any atom is -0.469 e. The van der Waals surface area contributed by atoms with Crippen LogP contribution >= 0.6 is 0 Å². The third kappa shape index (κ3) is 2.73. The highest BCUT2D eigenvalue weighted by molar-refractivity contribution is 5.77. The number of carbonyl (C=O) groups excluding carboxylic acids is 1. The van der Waals surface area contributed by atoms with Crippen LogP contribution in [0.2, 0.25) is 0 Å². The molecule has 1 rings (SSSR count). The fourth-order valence-electron chi connectivity index (χ4n) is 1.56. The zero-order valence-electron chi connectivity index (χ0n) is 9.69. The number of anilines is 1. The Balaban J connectivity index is 2.84. The summed E-state index contributed by atoms with van der Waals surface area (Å²) >= 11 is 0. The van der Waals surface area contributed by atoms with E-state index in [9.17, 15) is 4.79 Å². The van der Waals surface area contributed by atoms with Gasteiger partial charge in [0, 0.05) is 12.2 Å². The fraction of sp³-hybridized carbons (Fsp3) is 0.417. The first-order chi connectivity index (χ1) is 7.51. The topological polar surface area (TPSA) is 78.3 Å². The Morgan fingerprint density at radius 3 is 2.38 bits per heavy atom. The zero-order valence-corrected chi connectivity index (χ0v) is 9.69. The molecule has 0 radical (unpaired) electrons. The molecule has 88 valence electrons. The predicted octanol–water partition coefficient (Wildman–Crippen LogP) is 0.949. The molecule has 0 spiro atoms. The molecule has 0 amide bonds. The van der Waals surface area contributed by atoms with Crippen molar-refractivity contribution in [3.05, 3.63) is 29.8 Å². The van der Waals surface area contributed by atoms with Crippen LogP contribution in [0.1, 0.15) is 12.5 Å². The van der Waals surface area contributed by atoms with Crippen LogP contribution in [0.5, 0.6) is 0 Å². The van der Waals surface area contributed by atoms with Gasteiger partial charge in [-0.15, -0.1) is 0 Å². The number of nitrogens with two attached hydrogens (primary N) is 2. The highest BCUT2D eigenvalue weighted by Crippen LogP contribution is 2.23. The number of hydrogen-bond acceptors (Lipinski definition) is 4. The molecule has 4 nitrogen and oxygen atoms in total. The number of methoxy groups -OCH3 is 1. The number of nitrogen functional groups attached to an aromatic ring is 1. The normalized spacial score (nSPS) is 14.2. The number of rotatable bonds is 4. The maximum Gasteiger partial charge on any atom is 0.313 e. The van der Waals surface area contributed by atoms with Gasteiger partial charge in [0.25, 0.3) is 0 Å². The predicted molar refractivity (Wildman–Crippen MR) is 63.7 cm³/mol. The maximum absolute atomic E-state index is 11.6. The third-order valence-electron chi connectivity index (χ3n) is 2.70. The minimum atomic E-state index is -0.676. The average molecular weight is 222 g/mol. The number of carbonyl (C=O) groups is 1. The molecule has 0 aliphatic rings. The summed E-state index contributed by atoms with van der Waals surface area (Å²) in [6.45, 7) is 2.05. The molecule has 0 aromatic heterocycles. The van der Waals surface area contributed by atoms with E-state index in [1.165, 1.54) is 7.11 Å². The van der Waals surface area contributed by atoms with Gasteiger partial charge in [0.1, 0.15) is 0 Å². The van der Waals surface area contributed by atoms with Crippen LogP contribution in [-0.2, 0) is 16.0 Å². The number of ether oxygens (including phenoxy) is 1. The van der Waals surface area contributed by atoms with E-state index in [1.54, 1.807) is 6.92 Å². The van der Waals surface area contributed by atoms with E-state index in [0.29, 0.717) is 12.1 Å². The molecule has 1 aromatic carbocycles. The van der Waals surface area contributed by atoms with Crippen molar-refractivity contribution in [2.24, 2.45) is 11.1 Å². The molecule has 0 fully saturated rings. The quantitative estimate of drug-likeness (QED) is 0.587. The van der Waals surface area contributed by atoms with Gasteiger partial charge in [-0.05, 0) is 31.0 Å². The zero-order chi connectivity index (χ0) is 12.2. The summed E-state index contributed by atoms with van der Waals surface area (Å²) in [5, 5.41) is 0. The molecular weight excluding hydrogens is 204 g/mol. The number of hydrogen-bond donors (Lipinski definition) is 2. The van der Waals surface area contributed by atoms with Crippen molar-refractivity contribution < 1.29 is 9.53 Å². The Morgan fingerprint density at radius 1 is 1.38 bits per heavy atom. The average Bonchev–Trinajstić information content (AvgIpc) is 2.31. The lowest BCUT2D eigenvalue weighted by Gasteiger charge is -2.24. The summed E-state index contributed by atoms with van der Waals surface area (Å²) in [7, 11) is 1.37. The summed E-state index contributed by atoms with van der Waals surface area (Å²) in [6, 6.07) is 7.41. The van der Waals surface area contributed by atoms with Gasteiger partial charge in [0.15, 0.2) is 0 Å². The van der Waals surface area contributed by atoms with Crippen molar-refractivity contribution in [1.82, 2.24) is 0 Å². The Bertz CT molecular complexity index is 362. The van der Waals surface area contributed by atoms with Crippen LogP contribution in [-0.4, -0.2) is 19.6 Å². The van der Waals surface area contributed by atoms with E-state index < -0.39 is 5.41 Å². The summed E-state index contributed by atoms with van der Waals surface area (Å²) in [5.41, 5.74) is 12.3. The Hall–Kier alpha value is -1.55. The molecule has 0 saturated heterocycles. The smallest absolute Gasteiger partial charge is 0.313 e. The van der Waals surface area contributed by atoms with Crippen molar-refractivity contribution in [3.8, 4) is 0 Å². The van der Waals surface area contributed by atoms with E-state index in [0.717, 1.165) is 5.56 Å². The second-order valence-corrected chi connectivity index (χ2v) is 4.17. The molecule has 0 saturated carbocycles. The Kier molecular flexibility index (Phi) is 3.90. The first kappa shape index (κ1) is 12.5.